The molecule has 0 saturated heterocycles. The molecular weight excluding hydrogens is 191 g/mol. The minimum absolute atomic E-state index is 0.0665. The Balaban J connectivity index is 2.24. The first-order valence-corrected chi connectivity index (χ1v) is 5.55. The Morgan fingerprint density at radius 1 is 1.20 bits per heavy atom. The predicted octanol–water partition coefficient (Wildman–Crippen LogP) is 3.44. The molecule has 1 atom stereocenters. The molecule has 0 amide bonds. The van der Waals surface area contributed by atoms with Crippen LogP contribution in [0.15, 0.2) is 24.3 Å². The lowest BCUT2D eigenvalue weighted by molar-refractivity contribution is -0.120. The molecule has 1 aromatic carbocycles. The third-order valence-electron chi connectivity index (χ3n) is 3.06. The summed E-state index contributed by atoms with van der Waals surface area (Å²) in [6.45, 7) is 0. The van der Waals surface area contributed by atoms with Crippen LogP contribution >= 0.6 is 0 Å². The monoisotopic (exact) mass is 206 g/mol. The third-order valence-corrected chi connectivity index (χ3v) is 3.06. The highest BCUT2D eigenvalue weighted by Gasteiger charge is 2.22. The first kappa shape index (κ1) is 10.3. The smallest absolute Gasteiger partial charge is 0.140 e. The molecule has 0 bridgehead atoms. The van der Waals surface area contributed by atoms with Crippen molar-refractivity contribution in [2.45, 2.75) is 38.0 Å². The Morgan fingerprint density at radius 2 is 2.07 bits per heavy atom. The summed E-state index contributed by atoms with van der Waals surface area (Å²) in [5.74, 6) is -0.0363. The fourth-order valence-electron chi connectivity index (χ4n) is 2.24. The second-order valence-electron chi connectivity index (χ2n) is 4.17. The van der Waals surface area contributed by atoms with E-state index < -0.39 is 0 Å². The molecule has 0 radical (unpaired) electrons. The molecule has 1 fully saturated rings. The summed E-state index contributed by atoms with van der Waals surface area (Å²) in [7, 11) is 0. The molecule has 80 valence electrons. The van der Waals surface area contributed by atoms with Crippen LogP contribution in [0, 0.1) is 5.82 Å². The van der Waals surface area contributed by atoms with Crippen LogP contribution in [0.5, 0.6) is 0 Å². The fraction of sp³-hybridized carbons (Fsp3) is 0.462. The second kappa shape index (κ2) is 4.56. The third kappa shape index (κ3) is 2.44. The summed E-state index contributed by atoms with van der Waals surface area (Å²) < 4.78 is 13.0. The van der Waals surface area contributed by atoms with Gasteiger partial charge >= 0.3 is 0 Å². The number of carbonyl (C=O) groups is 1. The molecule has 0 aliphatic heterocycles. The Hall–Kier alpha value is -1.18. The van der Waals surface area contributed by atoms with Crippen molar-refractivity contribution in [2.24, 2.45) is 0 Å². The molecule has 0 aromatic heterocycles. The highest BCUT2D eigenvalue weighted by molar-refractivity contribution is 5.85. The minimum atomic E-state index is -0.246. The van der Waals surface area contributed by atoms with Gasteiger partial charge in [0, 0.05) is 12.3 Å². The molecule has 1 unspecified atom stereocenters. The molecule has 0 heterocycles. The number of hydrogen-bond acceptors (Lipinski definition) is 1. The predicted molar refractivity (Wildman–Crippen MR) is 57.2 cm³/mol. The lowest BCUT2D eigenvalue weighted by Crippen LogP contribution is -2.10. The van der Waals surface area contributed by atoms with Crippen molar-refractivity contribution in [3.63, 3.8) is 0 Å². The first-order valence-electron chi connectivity index (χ1n) is 5.55. The van der Waals surface area contributed by atoms with Gasteiger partial charge in [-0.1, -0.05) is 25.0 Å². The standard InChI is InChI=1S/C13H15FO/c14-11-6-4-5-10(9-11)12-7-2-1-3-8-13(12)15/h4-6,9,12H,1-3,7-8H2. The normalized spacial score (nSPS) is 22.5. The van der Waals surface area contributed by atoms with E-state index in [2.05, 4.69) is 0 Å². The van der Waals surface area contributed by atoms with E-state index >= 15 is 0 Å². The number of ketones is 1. The van der Waals surface area contributed by atoms with Crippen LogP contribution in [-0.4, -0.2) is 5.78 Å². The zero-order valence-corrected chi connectivity index (χ0v) is 8.71. The van der Waals surface area contributed by atoms with E-state index in [0.29, 0.717) is 6.42 Å². The van der Waals surface area contributed by atoms with Crippen molar-refractivity contribution in [2.75, 3.05) is 0 Å². The summed E-state index contributed by atoms with van der Waals surface area (Å²) >= 11 is 0. The van der Waals surface area contributed by atoms with Gasteiger partial charge in [0.15, 0.2) is 0 Å². The molecule has 0 spiro atoms. The summed E-state index contributed by atoms with van der Waals surface area (Å²) in [4.78, 5) is 11.8. The van der Waals surface area contributed by atoms with Gasteiger partial charge in [-0.3, -0.25) is 4.79 Å². The highest BCUT2D eigenvalue weighted by Crippen LogP contribution is 2.29. The van der Waals surface area contributed by atoms with E-state index in [-0.39, 0.29) is 17.5 Å². The molecule has 1 saturated carbocycles. The van der Waals surface area contributed by atoms with Crippen molar-refractivity contribution in [3.8, 4) is 0 Å². The molecule has 1 aromatic rings. The van der Waals surface area contributed by atoms with Crippen molar-refractivity contribution in [1.29, 1.82) is 0 Å². The Kier molecular flexibility index (Phi) is 3.14. The zero-order valence-electron chi connectivity index (χ0n) is 8.71. The van der Waals surface area contributed by atoms with E-state index in [9.17, 15) is 9.18 Å². The van der Waals surface area contributed by atoms with Crippen molar-refractivity contribution >= 4 is 5.78 Å². The van der Waals surface area contributed by atoms with Gasteiger partial charge in [-0.25, -0.2) is 4.39 Å². The second-order valence-corrected chi connectivity index (χ2v) is 4.17. The average Bonchev–Trinajstić information content (AvgIpc) is 2.43. The number of halogens is 1. The maximum absolute atomic E-state index is 13.0. The van der Waals surface area contributed by atoms with Gasteiger partial charge in [-0.15, -0.1) is 0 Å². The molecule has 0 N–H and O–H groups in total. The van der Waals surface area contributed by atoms with Crippen LogP contribution in [0.25, 0.3) is 0 Å². The van der Waals surface area contributed by atoms with Crippen LogP contribution in [0.2, 0.25) is 0 Å². The van der Waals surface area contributed by atoms with Gasteiger partial charge in [-0.05, 0) is 30.5 Å². The lowest BCUT2D eigenvalue weighted by atomic mass is 9.91. The van der Waals surface area contributed by atoms with E-state index in [0.717, 1.165) is 31.2 Å². The molecule has 15 heavy (non-hydrogen) atoms. The molecule has 1 aliphatic carbocycles. The van der Waals surface area contributed by atoms with Crippen LogP contribution in [-0.2, 0) is 4.79 Å². The molecule has 2 rings (SSSR count). The topological polar surface area (TPSA) is 17.1 Å². The molecule has 1 aliphatic rings. The summed E-state index contributed by atoms with van der Waals surface area (Å²) in [5, 5.41) is 0. The SMILES string of the molecule is O=C1CCCCCC1c1cccc(F)c1. The van der Waals surface area contributed by atoms with E-state index in [4.69, 9.17) is 0 Å². The molecular formula is C13H15FO. The molecule has 2 heteroatoms. The van der Waals surface area contributed by atoms with Crippen molar-refractivity contribution in [3.05, 3.63) is 35.6 Å². The molecule has 1 nitrogen and oxygen atoms in total. The maximum Gasteiger partial charge on any atom is 0.140 e. The largest absolute Gasteiger partial charge is 0.299 e. The van der Waals surface area contributed by atoms with Gasteiger partial charge in [-0.2, -0.15) is 0 Å². The first-order chi connectivity index (χ1) is 7.27. The highest BCUT2D eigenvalue weighted by atomic mass is 19.1. The number of benzene rings is 1. The van der Waals surface area contributed by atoms with Gasteiger partial charge in [0.25, 0.3) is 0 Å². The Bertz CT molecular complexity index is 359. The van der Waals surface area contributed by atoms with Gasteiger partial charge in [0.2, 0.25) is 0 Å². The average molecular weight is 206 g/mol. The van der Waals surface area contributed by atoms with Crippen molar-refractivity contribution in [1.82, 2.24) is 0 Å². The van der Waals surface area contributed by atoms with Crippen LogP contribution in [0.1, 0.15) is 43.6 Å². The van der Waals surface area contributed by atoms with Crippen molar-refractivity contribution < 1.29 is 9.18 Å². The van der Waals surface area contributed by atoms with E-state index in [1.807, 2.05) is 6.07 Å². The van der Waals surface area contributed by atoms with Gasteiger partial charge in [0.1, 0.15) is 11.6 Å². The zero-order chi connectivity index (χ0) is 10.7. The number of hydrogen-bond donors (Lipinski definition) is 0. The Morgan fingerprint density at radius 3 is 2.87 bits per heavy atom. The number of rotatable bonds is 1. The summed E-state index contributed by atoms with van der Waals surface area (Å²) in [6, 6.07) is 6.46. The fourth-order valence-corrected chi connectivity index (χ4v) is 2.24. The van der Waals surface area contributed by atoms with Gasteiger partial charge < -0.3 is 0 Å². The number of Topliss-reactive ketones (excluding diaryl/α,β-unsaturated/α-hetero) is 1. The van der Waals surface area contributed by atoms with Crippen LogP contribution in [0.4, 0.5) is 4.39 Å². The van der Waals surface area contributed by atoms with E-state index in [1.54, 1.807) is 6.07 Å². The van der Waals surface area contributed by atoms with Crippen LogP contribution < -0.4 is 0 Å². The Labute approximate surface area is 89.3 Å². The lowest BCUT2D eigenvalue weighted by Gasteiger charge is -2.12. The van der Waals surface area contributed by atoms with Crippen LogP contribution in [0.3, 0.4) is 0 Å². The van der Waals surface area contributed by atoms with E-state index in [1.165, 1.54) is 12.1 Å². The quantitative estimate of drug-likeness (QED) is 0.643. The minimum Gasteiger partial charge on any atom is -0.299 e. The van der Waals surface area contributed by atoms with Gasteiger partial charge in [0.05, 0.1) is 0 Å². The summed E-state index contributed by atoms with van der Waals surface area (Å²) in [5.41, 5.74) is 0.849. The summed E-state index contributed by atoms with van der Waals surface area (Å²) in [6.07, 6.45) is 4.72. The number of carbonyl (C=O) groups excluding carboxylic acids is 1. The maximum atomic E-state index is 13.0.